The van der Waals surface area contributed by atoms with E-state index in [-0.39, 0.29) is 0 Å². The number of nitrogens with zero attached hydrogens (tertiary/aromatic N) is 3. The van der Waals surface area contributed by atoms with Crippen molar-refractivity contribution < 1.29 is 8.83 Å². The molecule has 5 aromatic heterocycles. The lowest BCUT2D eigenvalue weighted by atomic mass is 10.1. The Morgan fingerprint density at radius 2 is 1.00 bits per heavy atom. The van der Waals surface area contributed by atoms with E-state index in [0.717, 1.165) is 60.9 Å². The maximum Gasteiger partial charge on any atom is 0.153 e. The van der Waals surface area contributed by atoms with E-state index in [0.29, 0.717) is 0 Å². The lowest BCUT2D eigenvalue weighted by Gasteiger charge is -2.25. The number of hydrogen-bond donors (Lipinski definition) is 0. The van der Waals surface area contributed by atoms with E-state index < -0.39 is 0 Å². The Hall–Kier alpha value is -5.20. The number of thiophene rings is 1. The molecule has 9 aromatic rings. The fourth-order valence-electron chi connectivity index (χ4n) is 5.82. The van der Waals surface area contributed by atoms with Crippen molar-refractivity contribution in [1.29, 1.82) is 0 Å². The van der Waals surface area contributed by atoms with Crippen LogP contribution < -0.4 is 4.90 Å². The van der Waals surface area contributed by atoms with Gasteiger partial charge in [0.05, 0.1) is 12.4 Å². The second-order valence-corrected chi connectivity index (χ2v) is 11.0. The number of rotatable bonds is 3. The van der Waals surface area contributed by atoms with Gasteiger partial charge in [-0.15, -0.1) is 11.3 Å². The van der Waals surface area contributed by atoms with Gasteiger partial charge >= 0.3 is 0 Å². The molecule has 0 aliphatic heterocycles. The molecule has 5 heterocycles. The summed E-state index contributed by atoms with van der Waals surface area (Å²) in [6, 6.07) is 32.1. The van der Waals surface area contributed by atoms with E-state index in [1.165, 1.54) is 20.2 Å². The second kappa shape index (κ2) is 8.15. The molecule has 9 rings (SSSR count). The maximum absolute atomic E-state index is 6.22. The smallest absolute Gasteiger partial charge is 0.153 e. The largest absolute Gasteiger partial charge is 0.454 e. The van der Waals surface area contributed by atoms with Crippen molar-refractivity contribution in [2.45, 2.75) is 0 Å². The molecule has 4 aromatic carbocycles. The molecule has 0 radical (unpaired) electrons. The molecule has 0 aliphatic carbocycles. The zero-order chi connectivity index (χ0) is 26.2. The summed E-state index contributed by atoms with van der Waals surface area (Å²) in [6.07, 6.45) is 7.14. The fraction of sp³-hybridized carbons (Fsp3) is 0. The van der Waals surface area contributed by atoms with Crippen LogP contribution in [-0.2, 0) is 0 Å². The predicted molar refractivity (Wildman–Crippen MR) is 164 cm³/mol. The van der Waals surface area contributed by atoms with E-state index in [2.05, 4.69) is 93.7 Å². The minimum absolute atomic E-state index is 0.783. The topological polar surface area (TPSA) is 55.3 Å². The highest BCUT2D eigenvalue weighted by Gasteiger charge is 2.18. The first-order valence-electron chi connectivity index (χ1n) is 13.0. The third kappa shape index (κ3) is 3.14. The highest BCUT2D eigenvalue weighted by molar-refractivity contribution is 7.25. The number of aromatic nitrogens is 2. The summed E-state index contributed by atoms with van der Waals surface area (Å²) in [5.74, 6) is 0. The van der Waals surface area contributed by atoms with Gasteiger partial charge < -0.3 is 13.7 Å². The van der Waals surface area contributed by atoms with Gasteiger partial charge in [0, 0.05) is 83.3 Å². The Bertz CT molecular complexity index is 2150. The standard InChI is InChI=1S/C34H19N3O2S/c1-2-4-33-27(3-1)28-10-7-22(17-34(28)40-33)37(20-5-8-23-25-11-13-35-18-31(25)38-29(23)15-20)21-6-9-24-26-12-14-36-19-32(26)39-30(24)16-21/h1-19H. The lowest BCUT2D eigenvalue weighted by Crippen LogP contribution is -2.09. The van der Waals surface area contributed by atoms with Crippen LogP contribution >= 0.6 is 11.3 Å². The van der Waals surface area contributed by atoms with Crippen LogP contribution in [-0.4, -0.2) is 9.97 Å². The second-order valence-electron chi connectivity index (χ2n) is 9.92. The zero-order valence-corrected chi connectivity index (χ0v) is 21.9. The molecule has 0 atom stereocenters. The SMILES string of the molecule is c1ccc2c(c1)sc1cc(N(c3ccc4c(c3)oc3cnccc34)c3ccc4c(c3)oc3cnccc34)ccc12. The van der Waals surface area contributed by atoms with Crippen molar-refractivity contribution >= 4 is 92.4 Å². The maximum atomic E-state index is 6.22. The predicted octanol–water partition coefficient (Wildman–Crippen LogP) is 10.1. The molecule has 40 heavy (non-hydrogen) atoms. The van der Waals surface area contributed by atoms with Gasteiger partial charge in [-0.25, -0.2) is 0 Å². The molecule has 5 nitrogen and oxygen atoms in total. The number of furan rings is 2. The Kier molecular flexibility index (Phi) is 4.42. The number of fused-ring (bicyclic) bond motifs is 9. The van der Waals surface area contributed by atoms with Crippen LogP contribution in [0.4, 0.5) is 17.1 Å². The number of hydrogen-bond acceptors (Lipinski definition) is 6. The molecule has 0 aliphatic rings. The molecule has 0 saturated heterocycles. The quantitative estimate of drug-likeness (QED) is 0.226. The molecule has 0 bridgehead atoms. The van der Waals surface area contributed by atoms with Crippen molar-refractivity contribution in [3.05, 3.63) is 116 Å². The lowest BCUT2D eigenvalue weighted by molar-refractivity contribution is 0.667. The van der Waals surface area contributed by atoms with Crippen LogP contribution in [0.25, 0.3) is 64.0 Å². The van der Waals surface area contributed by atoms with Gasteiger partial charge in [0.2, 0.25) is 0 Å². The van der Waals surface area contributed by atoms with Crippen molar-refractivity contribution in [2.75, 3.05) is 4.90 Å². The molecule has 6 heteroatoms. The summed E-state index contributed by atoms with van der Waals surface area (Å²) < 4.78 is 15.0. The summed E-state index contributed by atoms with van der Waals surface area (Å²) in [5, 5.41) is 6.82. The minimum atomic E-state index is 0.783. The Labute approximate surface area is 231 Å². The molecule has 0 fully saturated rings. The Morgan fingerprint density at radius 1 is 0.475 bits per heavy atom. The van der Waals surface area contributed by atoms with Crippen LogP contribution in [0, 0.1) is 0 Å². The zero-order valence-electron chi connectivity index (χ0n) is 21.0. The van der Waals surface area contributed by atoms with Gasteiger partial charge in [-0.05, 0) is 54.6 Å². The molecule has 188 valence electrons. The Balaban J connectivity index is 1.29. The number of benzene rings is 4. The number of pyridine rings is 2. The summed E-state index contributed by atoms with van der Waals surface area (Å²) >= 11 is 1.82. The van der Waals surface area contributed by atoms with Crippen LogP contribution in [0.2, 0.25) is 0 Å². The average molecular weight is 534 g/mol. The normalized spacial score (nSPS) is 12.0. The van der Waals surface area contributed by atoms with Gasteiger partial charge in [-0.1, -0.05) is 24.3 Å². The molecule has 0 unspecified atom stereocenters. The average Bonchev–Trinajstić information content (AvgIpc) is 3.67. The molecular formula is C34H19N3O2S. The summed E-state index contributed by atoms with van der Waals surface area (Å²) in [7, 11) is 0. The van der Waals surface area contributed by atoms with E-state index in [9.17, 15) is 0 Å². The molecular weight excluding hydrogens is 514 g/mol. The van der Waals surface area contributed by atoms with Crippen molar-refractivity contribution in [1.82, 2.24) is 9.97 Å². The summed E-state index contributed by atoms with van der Waals surface area (Å²) in [5.41, 5.74) is 6.27. The summed E-state index contributed by atoms with van der Waals surface area (Å²) in [6.45, 7) is 0. The van der Waals surface area contributed by atoms with Gasteiger partial charge in [-0.2, -0.15) is 0 Å². The van der Waals surface area contributed by atoms with Crippen LogP contribution in [0.1, 0.15) is 0 Å². The highest BCUT2D eigenvalue weighted by Crippen LogP contribution is 2.43. The highest BCUT2D eigenvalue weighted by atomic mass is 32.1. The van der Waals surface area contributed by atoms with Crippen molar-refractivity contribution in [3.63, 3.8) is 0 Å². The first kappa shape index (κ1) is 21.7. The van der Waals surface area contributed by atoms with Crippen LogP contribution in [0.3, 0.4) is 0 Å². The van der Waals surface area contributed by atoms with Crippen molar-refractivity contribution in [2.24, 2.45) is 0 Å². The van der Waals surface area contributed by atoms with Gasteiger partial charge in [0.1, 0.15) is 11.2 Å². The Morgan fingerprint density at radius 3 is 1.65 bits per heavy atom. The molecule has 0 N–H and O–H groups in total. The number of anilines is 3. The third-order valence-corrected chi connectivity index (χ3v) is 8.79. The van der Waals surface area contributed by atoms with Gasteiger partial charge in [0.15, 0.2) is 11.2 Å². The molecule has 0 saturated carbocycles. The first-order chi connectivity index (χ1) is 19.8. The molecule has 0 spiro atoms. The monoisotopic (exact) mass is 533 g/mol. The van der Waals surface area contributed by atoms with Crippen LogP contribution in [0.5, 0.6) is 0 Å². The van der Waals surface area contributed by atoms with E-state index in [1.807, 2.05) is 23.5 Å². The minimum Gasteiger partial charge on any atom is -0.454 e. The van der Waals surface area contributed by atoms with Crippen molar-refractivity contribution in [3.8, 4) is 0 Å². The van der Waals surface area contributed by atoms with Gasteiger partial charge in [0.25, 0.3) is 0 Å². The summed E-state index contributed by atoms with van der Waals surface area (Å²) in [4.78, 5) is 10.7. The third-order valence-electron chi connectivity index (χ3n) is 7.66. The van der Waals surface area contributed by atoms with E-state index in [1.54, 1.807) is 24.8 Å². The molecule has 0 amide bonds. The van der Waals surface area contributed by atoms with E-state index in [4.69, 9.17) is 8.83 Å². The fourth-order valence-corrected chi connectivity index (χ4v) is 6.96. The van der Waals surface area contributed by atoms with Crippen LogP contribution in [0.15, 0.2) is 125 Å². The van der Waals surface area contributed by atoms with E-state index >= 15 is 0 Å². The van der Waals surface area contributed by atoms with Gasteiger partial charge in [-0.3, -0.25) is 9.97 Å². The first-order valence-corrected chi connectivity index (χ1v) is 13.9.